The molecule has 0 aliphatic carbocycles. The second-order valence-corrected chi connectivity index (χ2v) is 8.10. The molecule has 0 spiro atoms. The minimum atomic E-state index is -1.87. The topological polar surface area (TPSA) is 82.6 Å². The number of phenols is 1. The van der Waals surface area contributed by atoms with Crippen molar-refractivity contribution in [3.05, 3.63) is 54.1 Å². The van der Waals surface area contributed by atoms with Crippen LogP contribution in [0.2, 0.25) is 0 Å². The molecule has 2 aromatic carbocycles. The Morgan fingerprint density at radius 2 is 1.67 bits per heavy atom. The zero-order valence-electron chi connectivity index (χ0n) is 14.0. The van der Waals surface area contributed by atoms with Crippen LogP contribution in [0.3, 0.4) is 0 Å². The Kier molecular flexibility index (Phi) is 7.38. The summed E-state index contributed by atoms with van der Waals surface area (Å²) in [4.78, 5) is 12.4. The van der Waals surface area contributed by atoms with Gasteiger partial charge in [-0.3, -0.25) is 4.79 Å². The Balaban J connectivity index is 2.04. The number of carbonyl (C=O) groups excluding carboxylic acids is 1. The van der Waals surface area contributed by atoms with Crippen molar-refractivity contribution in [1.82, 2.24) is 10.6 Å². The van der Waals surface area contributed by atoms with Crippen LogP contribution in [-0.2, 0) is 0 Å². The molecule has 27 heavy (non-hydrogen) atoms. The van der Waals surface area contributed by atoms with Gasteiger partial charge in [0, 0.05) is 11.3 Å². The minimum absolute atomic E-state index is 0.116. The van der Waals surface area contributed by atoms with Crippen LogP contribution in [0.1, 0.15) is 10.4 Å². The lowest BCUT2D eigenvalue weighted by molar-refractivity contribution is 0.0934. The molecule has 2 rings (SSSR count). The van der Waals surface area contributed by atoms with Crippen LogP contribution in [0, 0.1) is 0 Å². The van der Waals surface area contributed by atoms with Crippen molar-refractivity contribution in [2.45, 2.75) is 9.96 Å². The molecule has 0 aliphatic rings. The predicted octanol–water partition coefficient (Wildman–Crippen LogP) is 3.81. The first kappa shape index (κ1) is 21.4. The number of amides is 1. The lowest BCUT2D eigenvalue weighted by atomic mass is 10.2. The summed E-state index contributed by atoms with van der Waals surface area (Å²) in [7, 11) is 1.53. The highest BCUT2D eigenvalue weighted by molar-refractivity contribution is 7.80. The van der Waals surface area contributed by atoms with Crippen LogP contribution in [0.4, 0.5) is 5.69 Å². The molecule has 0 fully saturated rings. The molecular weight excluding hydrogens is 433 g/mol. The van der Waals surface area contributed by atoms with Crippen LogP contribution in [0.5, 0.6) is 11.5 Å². The molecule has 0 aromatic heterocycles. The van der Waals surface area contributed by atoms with Gasteiger partial charge in [0.05, 0.1) is 7.11 Å². The highest BCUT2D eigenvalue weighted by Gasteiger charge is 2.34. The smallest absolute Gasteiger partial charge is 0.252 e. The van der Waals surface area contributed by atoms with Crippen molar-refractivity contribution in [3.63, 3.8) is 0 Å². The predicted molar refractivity (Wildman–Crippen MR) is 112 cm³/mol. The molecule has 0 bridgehead atoms. The number of halogens is 3. The van der Waals surface area contributed by atoms with E-state index in [1.165, 1.54) is 19.2 Å². The van der Waals surface area contributed by atoms with E-state index in [0.717, 1.165) is 0 Å². The van der Waals surface area contributed by atoms with Crippen LogP contribution in [0.25, 0.3) is 0 Å². The van der Waals surface area contributed by atoms with Crippen molar-refractivity contribution in [2.75, 3.05) is 12.4 Å². The number of benzene rings is 2. The number of thiocarbonyl (C=S) groups is 1. The fraction of sp³-hybridized carbons (Fsp3) is 0.176. The maximum Gasteiger partial charge on any atom is 0.252 e. The number of rotatable bonds is 5. The molecule has 0 radical (unpaired) electrons. The Morgan fingerprint density at radius 3 is 2.19 bits per heavy atom. The molecule has 1 amide bonds. The molecular formula is C17H16Cl3N3O3S. The molecule has 144 valence electrons. The molecule has 0 unspecified atom stereocenters. The molecule has 4 N–H and O–H groups in total. The summed E-state index contributed by atoms with van der Waals surface area (Å²) in [5, 5.41) is 17.6. The van der Waals surface area contributed by atoms with Crippen LogP contribution in [0.15, 0.2) is 48.5 Å². The molecule has 1 atom stereocenters. The van der Waals surface area contributed by atoms with Gasteiger partial charge in [0.15, 0.2) is 5.11 Å². The summed E-state index contributed by atoms with van der Waals surface area (Å²) < 4.78 is 3.18. The summed E-state index contributed by atoms with van der Waals surface area (Å²) in [6.07, 6.45) is -1.10. The molecule has 0 saturated carbocycles. The Morgan fingerprint density at radius 1 is 1.07 bits per heavy atom. The summed E-state index contributed by atoms with van der Waals surface area (Å²) in [6.45, 7) is 0. The summed E-state index contributed by atoms with van der Waals surface area (Å²) in [5.41, 5.74) is 0.962. The fourth-order valence-corrected chi connectivity index (χ4v) is 2.56. The number of nitrogens with one attached hydrogen (secondary N) is 3. The molecule has 0 aliphatic heterocycles. The molecule has 0 saturated heterocycles. The largest absolute Gasteiger partial charge is 0.508 e. The number of carbonyl (C=O) groups is 1. The van der Waals surface area contributed by atoms with E-state index in [9.17, 15) is 9.90 Å². The molecule has 10 heteroatoms. The monoisotopic (exact) mass is 447 g/mol. The number of hydrogen-bond donors (Lipinski definition) is 4. The number of alkyl halides is 3. The first-order chi connectivity index (χ1) is 12.7. The SMILES string of the molecule is COc1ccc(C(=O)N[C@H](NC(=S)Nc2ccc(O)cc2)C(Cl)(Cl)Cl)cc1. The quantitative estimate of drug-likeness (QED) is 0.241. The summed E-state index contributed by atoms with van der Waals surface area (Å²) >= 11 is 23.1. The first-order valence-corrected chi connectivity index (χ1v) is 9.11. The van der Waals surface area contributed by atoms with Crippen molar-refractivity contribution in [3.8, 4) is 11.5 Å². The summed E-state index contributed by atoms with van der Waals surface area (Å²) in [5.74, 6) is 0.265. The fourth-order valence-electron chi connectivity index (χ4n) is 2.00. The van der Waals surface area contributed by atoms with Gasteiger partial charge >= 0.3 is 0 Å². The maximum atomic E-state index is 12.4. The number of ether oxygens (including phenoxy) is 1. The van der Waals surface area contributed by atoms with Crippen LogP contribution < -0.4 is 20.7 Å². The van der Waals surface area contributed by atoms with E-state index in [4.69, 9.17) is 51.8 Å². The average molecular weight is 449 g/mol. The van der Waals surface area contributed by atoms with E-state index in [1.54, 1.807) is 36.4 Å². The van der Waals surface area contributed by atoms with Crippen LogP contribution >= 0.6 is 47.0 Å². The standard InChI is InChI=1S/C17H16Cl3N3O3S/c1-26-13-8-2-10(3-9-13)14(25)22-15(17(18,19)20)23-16(27)21-11-4-6-12(24)7-5-11/h2-9,15,24H,1H3,(H,22,25)(H2,21,23,27)/t15-/m1/s1. The Labute approximate surface area is 176 Å². The van der Waals surface area contributed by atoms with Gasteiger partial charge in [-0.2, -0.15) is 0 Å². The lowest BCUT2D eigenvalue weighted by Gasteiger charge is -2.27. The van der Waals surface area contributed by atoms with E-state index in [-0.39, 0.29) is 10.9 Å². The highest BCUT2D eigenvalue weighted by atomic mass is 35.6. The highest BCUT2D eigenvalue weighted by Crippen LogP contribution is 2.29. The third kappa shape index (κ3) is 6.62. The number of methoxy groups -OCH3 is 1. The summed E-state index contributed by atoms with van der Waals surface area (Å²) in [6, 6.07) is 12.7. The number of phenolic OH excluding ortho intramolecular Hbond substituents is 1. The third-order valence-corrected chi connectivity index (χ3v) is 4.23. The van der Waals surface area contributed by atoms with Gasteiger partial charge in [0.25, 0.3) is 5.91 Å². The zero-order valence-corrected chi connectivity index (χ0v) is 17.1. The molecule has 0 heterocycles. The third-order valence-electron chi connectivity index (χ3n) is 3.36. The van der Waals surface area contributed by atoms with E-state index >= 15 is 0 Å². The second kappa shape index (κ2) is 9.32. The van der Waals surface area contributed by atoms with Crippen molar-refractivity contribution in [1.29, 1.82) is 0 Å². The van der Waals surface area contributed by atoms with Gasteiger partial charge in [0.2, 0.25) is 3.79 Å². The van der Waals surface area contributed by atoms with Crippen LogP contribution in [-0.4, -0.2) is 33.2 Å². The van der Waals surface area contributed by atoms with Gasteiger partial charge < -0.3 is 25.8 Å². The van der Waals surface area contributed by atoms with Gasteiger partial charge in [-0.25, -0.2) is 0 Å². The maximum absolute atomic E-state index is 12.4. The zero-order chi connectivity index (χ0) is 20.0. The molecule has 6 nitrogen and oxygen atoms in total. The number of aromatic hydroxyl groups is 1. The lowest BCUT2D eigenvalue weighted by Crippen LogP contribution is -2.56. The van der Waals surface area contributed by atoms with E-state index < -0.39 is 15.9 Å². The number of hydrogen-bond acceptors (Lipinski definition) is 4. The van der Waals surface area contributed by atoms with E-state index in [2.05, 4.69) is 16.0 Å². The van der Waals surface area contributed by atoms with E-state index in [0.29, 0.717) is 17.0 Å². The van der Waals surface area contributed by atoms with Crippen molar-refractivity contribution < 1.29 is 14.6 Å². The average Bonchev–Trinajstić information content (AvgIpc) is 2.62. The number of anilines is 1. The normalized spacial score (nSPS) is 12.0. The van der Waals surface area contributed by atoms with Crippen molar-refractivity contribution in [2.24, 2.45) is 0 Å². The Hall–Kier alpha value is -1.93. The minimum Gasteiger partial charge on any atom is -0.508 e. The van der Waals surface area contributed by atoms with Gasteiger partial charge in [0.1, 0.15) is 17.7 Å². The van der Waals surface area contributed by atoms with Gasteiger partial charge in [-0.15, -0.1) is 0 Å². The van der Waals surface area contributed by atoms with Crippen molar-refractivity contribution >= 4 is 63.7 Å². The van der Waals surface area contributed by atoms with Gasteiger partial charge in [-0.05, 0) is 60.7 Å². The first-order valence-electron chi connectivity index (χ1n) is 7.57. The second-order valence-electron chi connectivity index (χ2n) is 5.32. The molecule has 2 aromatic rings. The van der Waals surface area contributed by atoms with E-state index in [1.807, 2.05) is 0 Å². The Bertz CT molecular complexity index is 796. The van der Waals surface area contributed by atoms with Gasteiger partial charge in [-0.1, -0.05) is 34.8 Å².